The number of aromatic nitrogens is 2. The molecule has 1 saturated heterocycles. The van der Waals surface area contributed by atoms with E-state index < -0.39 is 22.0 Å². The zero-order valence-electron chi connectivity index (χ0n) is 23.0. The molecule has 5 rings (SSSR count). The van der Waals surface area contributed by atoms with Crippen LogP contribution in [0.1, 0.15) is 35.2 Å². The molecule has 0 bridgehead atoms. The number of ether oxygens (including phenoxy) is 1. The van der Waals surface area contributed by atoms with Crippen LogP contribution >= 0.6 is 35.6 Å². The van der Waals surface area contributed by atoms with E-state index in [1.165, 1.54) is 16.4 Å². The fourth-order valence-electron chi connectivity index (χ4n) is 4.79. The molecular weight excluding hydrogens is 635 g/mol. The van der Waals surface area contributed by atoms with Crippen molar-refractivity contribution in [3.63, 3.8) is 0 Å². The number of fused-ring (bicyclic) bond motifs is 1. The Labute approximate surface area is 265 Å². The minimum atomic E-state index is -4.16. The largest absolute Gasteiger partial charge is 0.486 e. The Balaban J connectivity index is 0.00000423. The number of aryl methyl sites for hydroxylation is 1. The first-order valence-electron chi connectivity index (χ1n) is 13.1. The second-order valence-electron chi connectivity index (χ2n) is 9.86. The van der Waals surface area contributed by atoms with Gasteiger partial charge >= 0.3 is 0 Å². The molecule has 2 heterocycles. The van der Waals surface area contributed by atoms with Gasteiger partial charge in [0, 0.05) is 35.4 Å². The lowest BCUT2D eigenvalue weighted by atomic mass is 10.1. The molecule has 3 aromatic carbocycles. The van der Waals surface area contributed by atoms with Crippen molar-refractivity contribution in [2.24, 2.45) is 5.73 Å². The van der Waals surface area contributed by atoms with Crippen LogP contribution in [0.3, 0.4) is 0 Å². The van der Waals surface area contributed by atoms with Gasteiger partial charge < -0.3 is 15.8 Å². The van der Waals surface area contributed by atoms with E-state index in [2.05, 4.69) is 15.3 Å². The summed E-state index contributed by atoms with van der Waals surface area (Å²) in [4.78, 5) is 21.8. The van der Waals surface area contributed by atoms with Gasteiger partial charge in [-0.1, -0.05) is 53.5 Å². The van der Waals surface area contributed by atoms with Crippen molar-refractivity contribution in [3.05, 3.63) is 93.2 Å². The number of rotatable bonds is 9. The van der Waals surface area contributed by atoms with Crippen molar-refractivity contribution >= 4 is 68.4 Å². The maximum atomic E-state index is 13.8. The number of nitrogen functional groups attached to an aromatic ring is 1. The highest BCUT2D eigenvalue weighted by Gasteiger charge is 2.40. The average molecular weight is 664 g/mol. The molecule has 1 atom stereocenters. The van der Waals surface area contributed by atoms with Crippen LogP contribution in [0.15, 0.2) is 65.7 Å². The van der Waals surface area contributed by atoms with Crippen LogP contribution in [0.4, 0.5) is 0 Å². The first-order chi connectivity index (χ1) is 20.1. The van der Waals surface area contributed by atoms with E-state index in [0.717, 1.165) is 11.3 Å². The number of sulfonamides is 1. The summed E-state index contributed by atoms with van der Waals surface area (Å²) < 4.78 is 34.8. The molecule has 14 heteroatoms. The number of carbonyl (C=O) groups is 1. The Morgan fingerprint density at radius 2 is 1.91 bits per heavy atom. The lowest BCUT2D eigenvalue weighted by Crippen LogP contribution is -2.45. The molecule has 0 saturated carbocycles. The second kappa shape index (κ2) is 13.4. The molecule has 4 aromatic rings. The van der Waals surface area contributed by atoms with Crippen LogP contribution in [0.25, 0.3) is 11.0 Å². The summed E-state index contributed by atoms with van der Waals surface area (Å²) in [5.74, 6) is -0.00468. The predicted molar refractivity (Wildman–Crippen MR) is 169 cm³/mol. The van der Waals surface area contributed by atoms with Gasteiger partial charge in [-0.05, 0) is 49.6 Å². The second-order valence-corrected chi connectivity index (χ2v) is 12.5. The molecule has 226 valence electrons. The average Bonchev–Trinajstić information content (AvgIpc) is 3.47. The number of benzene rings is 3. The number of nitrogens with one attached hydrogen (secondary N) is 2. The summed E-state index contributed by atoms with van der Waals surface area (Å²) in [7, 11) is -4.16. The number of amidine groups is 1. The first kappa shape index (κ1) is 32.4. The zero-order chi connectivity index (χ0) is 30.0. The van der Waals surface area contributed by atoms with E-state index in [0.29, 0.717) is 40.8 Å². The van der Waals surface area contributed by atoms with Crippen LogP contribution in [-0.2, 0) is 28.0 Å². The third-order valence-corrected chi connectivity index (χ3v) is 9.85. The Morgan fingerprint density at radius 3 is 2.63 bits per heavy atom. The molecule has 1 aliphatic rings. The summed E-state index contributed by atoms with van der Waals surface area (Å²) in [6.45, 7) is 2.08. The molecule has 43 heavy (non-hydrogen) atoms. The minimum absolute atomic E-state index is 0. The van der Waals surface area contributed by atoms with Crippen LogP contribution in [0, 0.1) is 12.3 Å². The van der Waals surface area contributed by atoms with E-state index in [9.17, 15) is 13.2 Å². The molecule has 0 aliphatic carbocycles. The van der Waals surface area contributed by atoms with Crippen molar-refractivity contribution < 1.29 is 17.9 Å². The molecular formula is C29H29Cl3N6O4S. The van der Waals surface area contributed by atoms with Gasteiger partial charge in [0.1, 0.15) is 34.6 Å². The lowest BCUT2D eigenvalue weighted by Gasteiger charge is -2.24. The molecule has 0 unspecified atom stereocenters. The fourth-order valence-corrected chi connectivity index (χ4v) is 7.32. The number of hydrogen-bond donors (Lipinski definition) is 3. The maximum absolute atomic E-state index is 13.8. The third-order valence-electron chi connectivity index (χ3n) is 7.00. The normalized spacial score (nSPS) is 15.2. The Kier molecular flexibility index (Phi) is 10.1. The molecule has 0 spiro atoms. The predicted octanol–water partition coefficient (Wildman–Crippen LogP) is 5.00. The third kappa shape index (κ3) is 6.86. The minimum Gasteiger partial charge on any atom is -0.486 e. The molecule has 4 N–H and O–H groups in total. The van der Waals surface area contributed by atoms with Crippen molar-refractivity contribution in [1.29, 1.82) is 5.41 Å². The molecule has 1 aliphatic heterocycles. The number of carbonyl (C=O) groups excluding carboxylic acids is 1. The Morgan fingerprint density at radius 1 is 1.16 bits per heavy atom. The standard InChI is InChI=1S/C29H28Cl2N6O4S.ClH/c1-17-14-34-22-4-2-6-24(27(22)36-17)41-16-20-21(30)11-12-25(26(20)31)42(39,40)37-13-3-5-23(37)29(38)35-15-18-7-9-19(10-8-18)28(32)33;/h2,4,6-12,14,23H,3,5,13,15-16H2,1H3,(H3,32,33)(H,35,38);1H/t23-;/m0./s1. The molecule has 1 fully saturated rings. The molecule has 1 aromatic heterocycles. The van der Waals surface area contributed by atoms with Gasteiger partial charge in [0.15, 0.2) is 0 Å². The van der Waals surface area contributed by atoms with Gasteiger partial charge in [-0.25, -0.2) is 13.4 Å². The number of para-hydroxylation sites is 1. The van der Waals surface area contributed by atoms with Crippen LogP contribution in [0.5, 0.6) is 5.75 Å². The van der Waals surface area contributed by atoms with E-state index in [4.69, 9.17) is 39.1 Å². The monoisotopic (exact) mass is 662 g/mol. The van der Waals surface area contributed by atoms with Crippen molar-refractivity contribution in [1.82, 2.24) is 19.6 Å². The SMILES string of the molecule is Cc1cnc2cccc(OCc3c(Cl)ccc(S(=O)(=O)N4CCC[C@H]4C(=O)NCc4ccc(C(=N)N)cc4)c3Cl)c2n1.Cl. The van der Waals surface area contributed by atoms with Crippen LogP contribution in [0.2, 0.25) is 10.0 Å². The van der Waals surface area contributed by atoms with Crippen LogP contribution in [-0.4, -0.2) is 47.0 Å². The summed E-state index contributed by atoms with van der Waals surface area (Å²) in [6.07, 6.45) is 2.55. The zero-order valence-corrected chi connectivity index (χ0v) is 26.2. The smallest absolute Gasteiger partial charge is 0.245 e. The number of hydrogen-bond acceptors (Lipinski definition) is 7. The number of nitrogens with zero attached hydrogens (tertiary/aromatic N) is 3. The number of amides is 1. The van der Waals surface area contributed by atoms with Crippen LogP contribution < -0.4 is 15.8 Å². The molecule has 10 nitrogen and oxygen atoms in total. The summed E-state index contributed by atoms with van der Waals surface area (Å²) in [6, 6.07) is 14.1. The van der Waals surface area contributed by atoms with E-state index >= 15 is 0 Å². The molecule has 1 amide bonds. The van der Waals surface area contributed by atoms with E-state index in [-0.39, 0.29) is 52.9 Å². The Bertz CT molecular complexity index is 1790. The highest BCUT2D eigenvalue weighted by Crippen LogP contribution is 2.36. The lowest BCUT2D eigenvalue weighted by molar-refractivity contribution is -0.124. The fraction of sp³-hybridized carbons (Fsp3) is 0.241. The van der Waals surface area contributed by atoms with Crippen molar-refractivity contribution in [2.75, 3.05) is 6.54 Å². The van der Waals surface area contributed by atoms with Gasteiger partial charge in [-0.15, -0.1) is 12.4 Å². The Hall–Kier alpha value is -3.48. The highest BCUT2D eigenvalue weighted by atomic mass is 35.5. The van der Waals surface area contributed by atoms with Gasteiger partial charge in [0.2, 0.25) is 15.9 Å². The molecule has 0 radical (unpaired) electrons. The van der Waals surface area contributed by atoms with Crippen molar-refractivity contribution in [2.45, 2.75) is 43.9 Å². The van der Waals surface area contributed by atoms with E-state index in [1.807, 2.05) is 13.0 Å². The first-order valence-corrected chi connectivity index (χ1v) is 15.3. The number of nitrogens with two attached hydrogens (primary N) is 1. The summed E-state index contributed by atoms with van der Waals surface area (Å²) in [5, 5.41) is 10.5. The van der Waals surface area contributed by atoms with Crippen molar-refractivity contribution in [3.8, 4) is 5.75 Å². The summed E-state index contributed by atoms with van der Waals surface area (Å²) >= 11 is 13.1. The van der Waals surface area contributed by atoms with Gasteiger partial charge in [0.25, 0.3) is 0 Å². The van der Waals surface area contributed by atoms with Gasteiger partial charge in [0.05, 0.1) is 16.2 Å². The topological polar surface area (TPSA) is 151 Å². The van der Waals surface area contributed by atoms with Gasteiger partial charge in [-0.3, -0.25) is 15.2 Å². The maximum Gasteiger partial charge on any atom is 0.245 e. The number of halogens is 3. The summed E-state index contributed by atoms with van der Waals surface area (Å²) in [5.41, 5.74) is 9.09. The van der Waals surface area contributed by atoms with E-state index in [1.54, 1.807) is 42.6 Å². The van der Waals surface area contributed by atoms with Gasteiger partial charge in [-0.2, -0.15) is 4.31 Å². The quantitative estimate of drug-likeness (QED) is 0.168. The highest BCUT2D eigenvalue weighted by molar-refractivity contribution is 7.89.